The zero-order chi connectivity index (χ0) is 22.3. The molecule has 1 aliphatic rings. The quantitative estimate of drug-likeness (QED) is 0.542. The highest BCUT2D eigenvalue weighted by Gasteiger charge is 2.22. The van der Waals surface area contributed by atoms with Crippen molar-refractivity contribution < 1.29 is 18.3 Å². The Kier molecular flexibility index (Phi) is 6.75. The number of nitrogens with one attached hydrogen (secondary N) is 1. The second-order valence-electron chi connectivity index (χ2n) is 7.64. The molecule has 1 unspecified atom stereocenters. The summed E-state index contributed by atoms with van der Waals surface area (Å²) in [7, 11) is 0. The van der Waals surface area contributed by atoms with Crippen LogP contribution in [0.15, 0.2) is 73.1 Å². The Balaban J connectivity index is 1.25. The van der Waals surface area contributed by atoms with Gasteiger partial charge in [0.15, 0.2) is 11.6 Å². The lowest BCUT2D eigenvalue weighted by atomic mass is 10.1. The zero-order valence-electron chi connectivity index (χ0n) is 17.4. The van der Waals surface area contributed by atoms with Crippen LogP contribution in [0.3, 0.4) is 0 Å². The molecule has 4 rings (SSSR count). The number of hydrogen-bond acceptors (Lipinski definition) is 4. The number of benzene rings is 2. The number of rotatable bonds is 7. The van der Waals surface area contributed by atoms with Gasteiger partial charge in [-0.2, -0.15) is 0 Å². The molecule has 2 heterocycles. The zero-order valence-corrected chi connectivity index (χ0v) is 17.4. The Morgan fingerprint density at radius 2 is 2.03 bits per heavy atom. The van der Waals surface area contributed by atoms with Crippen LogP contribution in [0.25, 0.3) is 6.08 Å². The first-order valence-electron chi connectivity index (χ1n) is 10.4. The smallest absolute Gasteiger partial charge is 0.244 e. The Bertz CT molecular complexity index is 1090. The summed E-state index contributed by atoms with van der Waals surface area (Å²) < 4.78 is 32.9. The molecule has 0 radical (unpaired) electrons. The summed E-state index contributed by atoms with van der Waals surface area (Å²) in [6.07, 6.45) is 7.01. The third kappa shape index (κ3) is 5.69. The molecule has 32 heavy (non-hydrogen) atoms. The van der Waals surface area contributed by atoms with Crippen LogP contribution in [0.2, 0.25) is 0 Å². The molecule has 1 atom stereocenters. The number of aromatic nitrogens is 1. The van der Waals surface area contributed by atoms with Crippen molar-refractivity contribution in [1.29, 1.82) is 0 Å². The van der Waals surface area contributed by atoms with Gasteiger partial charge >= 0.3 is 0 Å². The molecule has 164 valence electrons. The van der Waals surface area contributed by atoms with Crippen molar-refractivity contribution >= 4 is 17.7 Å². The fraction of sp³-hybridized carbons (Fsp3) is 0.200. The fourth-order valence-corrected chi connectivity index (χ4v) is 3.60. The molecule has 1 N–H and O–H groups in total. The van der Waals surface area contributed by atoms with E-state index >= 15 is 0 Å². The van der Waals surface area contributed by atoms with E-state index in [2.05, 4.69) is 15.2 Å². The van der Waals surface area contributed by atoms with Gasteiger partial charge in [-0.25, -0.2) is 8.78 Å². The normalized spacial score (nSPS) is 15.8. The summed E-state index contributed by atoms with van der Waals surface area (Å²) in [5, 5.41) is 2.90. The number of carbonyl (C=O) groups excluding carboxylic acids is 1. The van der Waals surface area contributed by atoms with Gasteiger partial charge in [-0.3, -0.25) is 9.78 Å². The first-order chi connectivity index (χ1) is 15.6. The van der Waals surface area contributed by atoms with Crippen LogP contribution in [0.1, 0.15) is 12.0 Å². The molecule has 5 nitrogen and oxygen atoms in total. The Morgan fingerprint density at radius 3 is 2.78 bits per heavy atom. The number of halogens is 2. The highest BCUT2D eigenvalue weighted by Crippen LogP contribution is 2.25. The highest BCUT2D eigenvalue weighted by molar-refractivity contribution is 5.91. The second-order valence-corrected chi connectivity index (χ2v) is 7.64. The van der Waals surface area contributed by atoms with Crippen LogP contribution in [0.4, 0.5) is 14.5 Å². The molecule has 3 aromatic rings. The van der Waals surface area contributed by atoms with E-state index in [0.717, 1.165) is 25.2 Å². The molecular weight excluding hydrogens is 412 g/mol. The Labute approximate surface area is 185 Å². The fourth-order valence-electron chi connectivity index (χ4n) is 3.60. The van der Waals surface area contributed by atoms with Crippen LogP contribution in [0, 0.1) is 17.6 Å². The maximum Gasteiger partial charge on any atom is 0.244 e. The second kappa shape index (κ2) is 10.0. The molecule has 1 aliphatic heterocycles. The molecule has 0 saturated carbocycles. The predicted octanol–water partition coefficient (Wildman–Crippen LogP) is 4.81. The van der Waals surface area contributed by atoms with Crippen LogP contribution in [0.5, 0.6) is 11.5 Å². The molecule has 1 saturated heterocycles. The van der Waals surface area contributed by atoms with Crippen molar-refractivity contribution in [2.45, 2.75) is 6.42 Å². The van der Waals surface area contributed by atoms with E-state index in [1.165, 1.54) is 36.5 Å². The summed E-state index contributed by atoms with van der Waals surface area (Å²) >= 11 is 0. The van der Waals surface area contributed by atoms with Crippen molar-refractivity contribution in [1.82, 2.24) is 10.3 Å². The van der Waals surface area contributed by atoms with Crippen LogP contribution in [-0.2, 0) is 4.79 Å². The van der Waals surface area contributed by atoms with E-state index < -0.39 is 5.82 Å². The van der Waals surface area contributed by atoms with Gasteiger partial charge in [-0.15, -0.1) is 0 Å². The van der Waals surface area contributed by atoms with Crippen LogP contribution in [-0.4, -0.2) is 30.5 Å². The first kappa shape index (κ1) is 21.5. The van der Waals surface area contributed by atoms with E-state index in [9.17, 15) is 13.6 Å². The SMILES string of the molecule is O=C(/C=C/c1ccc(Oc2cccnc2)c(F)c1)NCC1CCN(c2ccc(F)cc2)C1. The summed E-state index contributed by atoms with van der Waals surface area (Å²) in [6, 6.07) is 14.3. The first-order valence-corrected chi connectivity index (χ1v) is 10.4. The maximum absolute atomic E-state index is 14.3. The lowest BCUT2D eigenvalue weighted by Gasteiger charge is -2.18. The number of nitrogens with zero attached hydrogens (tertiary/aromatic N) is 2. The molecule has 1 amide bonds. The van der Waals surface area contributed by atoms with E-state index in [1.807, 2.05) is 0 Å². The molecule has 0 bridgehead atoms. The van der Waals surface area contributed by atoms with Crippen molar-refractivity contribution in [3.05, 3.63) is 90.3 Å². The maximum atomic E-state index is 14.3. The van der Waals surface area contributed by atoms with Gasteiger partial charge in [0.05, 0.1) is 6.20 Å². The number of pyridine rings is 1. The number of anilines is 1. The van der Waals surface area contributed by atoms with Crippen molar-refractivity contribution in [3.8, 4) is 11.5 Å². The predicted molar refractivity (Wildman–Crippen MR) is 119 cm³/mol. The monoisotopic (exact) mass is 435 g/mol. The van der Waals surface area contributed by atoms with Gasteiger partial charge in [0.25, 0.3) is 0 Å². The molecule has 7 heteroatoms. The van der Waals surface area contributed by atoms with Gasteiger partial charge in [0.2, 0.25) is 5.91 Å². The Hall–Kier alpha value is -3.74. The number of hydrogen-bond donors (Lipinski definition) is 1. The van der Waals surface area contributed by atoms with Gasteiger partial charge in [0.1, 0.15) is 11.6 Å². The minimum absolute atomic E-state index is 0.0894. The van der Waals surface area contributed by atoms with Gasteiger partial charge in [0, 0.05) is 37.6 Å². The number of ether oxygens (including phenoxy) is 1. The third-order valence-electron chi connectivity index (χ3n) is 5.29. The topological polar surface area (TPSA) is 54.5 Å². The van der Waals surface area contributed by atoms with E-state index in [1.54, 1.807) is 42.6 Å². The van der Waals surface area contributed by atoms with Crippen molar-refractivity contribution in [3.63, 3.8) is 0 Å². The molecule has 0 aliphatic carbocycles. The van der Waals surface area contributed by atoms with Crippen molar-refractivity contribution in [2.24, 2.45) is 5.92 Å². The van der Waals surface area contributed by atoms with Crippen molar-refractivity contribution in [2.75, 3.05) is 24.5 Å². The summed E-state index contributed by atoms with van der Waals surface area (Å²) in [5.74, 6) is -0.159. The molecule has 1 aromatic heterocycles. The average molecular weight is 435 g/mol. The van der Waals surface area contributed by atoms with Gasteiger partial charge in [-0.1, -0.05) is 6.07 Å². The molecule has 2 aromatic carbocycles. The lowest BCUT2D eigenvalue weighted by molar-refractivity contribution is -0.116. The molecule has 0 spiro atoms. The van der Waals surface area contributed by atoms with Crippen LogP contribution >= 0.6 is 0 Å². The minimum atomic E-state index is -0.525. The Morgan fingerprint density at radius 1 is 1.19 bits per heavy atom. The summed E-state index contributed by atoms with van der Waals surface area (Å²) in [4.78, 5) is 18.3. The summed E-state index contributed by atoms with van der Waals surface area (Å²) in [6.45, 7) is 2.22. The van der Waals surface area contributed by atoms with E-state index in [-0.39, 0.29) is 17.5 Å². The number of amides is 1. The van der Waals surface area contributed by atoms with E-state index in [4.69, 9.17) is 4.74 Å². The largest absolute Gasteiger partial charge is 0.453 e. The lowest BCUT2D eigenvalue weighted by Crippen LogP contribution is -2.29. The van der Waals surface area contributed by atoms with Crippen LogP contribution < -0.4 is 15.0 Å². The average Bonchev–Trinajstić information content (AvgIpc) is 3.28. The third-order valence-corrected chi connectivity index (χ3v) is 5.29. The standard InChI is InChI=1S/C25H23F2N3O2/c26-20-5-7-21(8-6-20)30-13-11-19(17-30)15-29-25(31)10-4-18-3-9-24(23(27)14-18)32-22-2-1-12-28-16-22/h1-10,12,14,16,19H,11,13,15,17H2,(H,29,31)/b10-4+. The highest BCUT2D eigenvalue weighted by atomic mass is 19.1. The summed E-state index contributed by atoms with van der Waals surface area (Å²) in [5.41, 5.74) is 1.54. The molecule has 1 fully saturated rings. The minimum Gasteiger partial charge on any atom is -0.453 e. The van der Waals surface area contributed by atoms with Gasteiger partial charge in [-0.05, 0) is 72.5 Å². The van der Waals surface area contributed by atoms with Gasteiger partial charge < -0.3 is 15.0 Å². The number of carbonyl (C=O) groups is 1. The van der Waals surface area contributed by atoms with E-state index in [0.29, 0.717) is 23.8 Å². The molecular formula is C25H23F2N3O2.